The monoisotopic (exact) mass is 405 g/mol. The largest absolute Gasteiger partial charge is 0.493 e. The van der Waals surface area contributed by atoms with Gasteiger partial charge in [0.1, 0.15) is 15.4 Å². The van der Waals surface area contributed by atoms with Crippen LogP contribution in [0, 0.1) is 0 Å². The van der Waals surface area contributed by atoms with E-state index in [-0.39, 0.29) is 12.3 Å². The van der Waals surface area contributed by atoms with Crippen molar-refractivity contribution in [3.63, 3.8) is 0 Å². The van der Waals surface area contributed by atoms with Crippen LogP contribution >= 0.6 is 11.3 Å². The van der Waals surface area contributed by atoms with Crippen molar-refractivity contribution in [1.82, 2.24) is 9.97 Å². The van der Waals surface area contributed by atoms with Gasteiger partial charge in [0.15, 0.2) is 11.5 Å². The molecule has 0 aliphatic carbocycles. The molecule has 2 heterocycles. The normalized spacial score (nSPS) is 10.7. The highest BCUT2D eigenvalue weighted by Gasteiger charge is 2.11. The van der Waals surface area contributed by atoms with Crippen molar-refractivity contribution in [3.8, 4) is 22.1 Å². The molecule has 0 unspecified atom stereocenters. The Labute approximate surface area is 172 Å². The minimum Gasteiger partial charge on any atom is -0.493 e. The highest BCUT2D eigenvalue weighted by molar-refractivity contribution is 7.21. The summed E-state index contributed by atoms with van der Waals surface area (Å²) in [5.41, 5.74) is 3.38. The second kappa shape index (κ2) is 8.28. The summed E-state index contributed by atoms with van der Waals surface area (Å²) in [7, 11) is 3.16. The minimum atomic E-state index is -0.111. The lowest BCUT2D eigenvalue weighted by Crippen LogP contribution is -2.14. The van der Waals surface area contributed by atoms with Crippen molar-refractivity contribution in [2.75, 3.05) is 19.5 Å². The van der Waals surface area contributed by atoms with E-state index in [0.717, 1.165) is 32.2 Å². The van der Waals surface area contributed by atoms with Crippen molar-refractivity contribution in [2.45, 2.75) is 6.42 Å². The Hall–Kier alpha value is -3.45. The summed E-state index contributed by atoms with van der Waals surface area (Å²) < 4.78 is 10.5. The number of amides is 1. The molecule has 4 aromatic rings. The van der Waals surface area contributed by atoms with Crippen molar-refractivity contribution in [3.05, 3.63) is 66.4 Å². The van der Waals surface area contributed by atoms with Crippen LogP contribution in [0.1, 0.15) is 5.56 Å². The van der Waals surface area contributed by atoms with Crippen LogP contribution in [0.25, 0.3) is 20.9 Å². The number of hydrogen-bond donors (Lipinski definition) is 1. The lowest BCUT2D eigenvalue weighted by molar-refractivity contribution is -0.115. The average molecular weight is 405 g/mol. The summed E-state index contributed by atoms with van der Waals surface area (Å²) in [5, 5.41) is 3.82. The van der Waals surface area contributed by atoms with Gasteiger partial charge in [-0.25, -0.2) is 9.97 Å². The van der Waals surface area contributed by atoms with Crippen LogP contribution in [0.15, 0.2) is 60.8 Å². The van der Waals surface area contributed by atoms with E-state index in [0.29, 0.717) is 11.5 Å². The Kier molecular flexibility index (Phi) is 5.39. The number of anilines is 1. The third kappa shape index (κ3) is 4.20. The first-order valence-corrected chi connectivity index (χ1v) is 9.80. The number of pyridine rings is 1. The van der Waals surface area contributed by atoms with E-state index in [2.05, 4.69) is 15.3 Å². The van der Waals surface area contributed by atoms with Gasteiger partial charge in [-0.15, -0.1) is 0 Å². The zero-order valence-corrected chi connectivity index (χ0v) is 16.8. The highest BCUT2D eigenvalue weighted by atomic mass is 32.1. The number of aromatic nitrogens is 2. The summed E-state index contributed by atoms with van der Waals surface area (Å²) in [4.78, 5) is 22.4. The Morgan fingerprint density at radius 1 is 1.03 bits per heavy atom. The number of nitrogens with zero attached hydrogens (tertiary/aromatic N) is 2. The molecule has 2 aromatic carbocycles. The Morgan fingerprint density at radius 2 is 1.90 bits per heavy atom. The van der Waals surface area contributed by atoms with Crippen LogP contribution in [-0.4, -0.2) is 30.1 Å². The van der Waals surface area contributed by atoms with Gasteiger partial charge in [0.05, 0.1) is 20.6 Å². The summed E-state index contributed by atoms with van der Waals surface area (Å²) in [6.45, 7) is 0. The van der Waals surface area contributed by atoms with Gasteiger partial charge < -0.3 is 14.8 Å². The topological polar surface area (TPSA) is 73.3 Å². The van der Waals surface area contributed by atoms with Crippen LogP contribution in [0.2, 0.25) is 0 Å². The lowest BCUT2D eigenvalue weighted by atomic mass is 10.1. The minimum absolute atomic E-state index is 0.111. The number of fused-ring (bicyclic) bond motifs is 1. The van der Waals surface area contributed by atoms with Crippen molar-refractivity contribution in [2.24, 2.45) is 0 Å². The predicted octanol–water partition coefficient (Wildman–Crippen LogP) is 4.56. The molecule has 0 radical (unpaired) electrons. The third-order valence-electron chi connectivity index (χ3n) is 4.37. The predicted molar refractivity (Wildman–Crippen MR) is 115 cm³/mol. The van der Waals surface area contributed by atoms with Crippen LogP contribution in [-0.2, 0) is 11.2 Å². The molecule has 4 rings (SSSR count). The molecule has 1 amide bonds. The number of carbonyl (C=O) groups is 1. The maximum absolute atomic E-state index is 12.5. The van der Waals surface area contributed by atoms with Gasteiger partial charge in [0.25, 0.3) is 0 Å². The first-order valence-electron chi connectivity index (χ1n) is 8.99. The Bertz CT molecular complexity index is 1140. The standard InChI is InChI=1S/C22H19N3O3S/c1-27-18-9-8-14(11-19(18)28-2)12-20(26)24-16-6-3-5-15(13-16)21-25-17-7-4-10-23-22(17)29-21/h3-11,13H,12H2,1-2H3,(H,24,26). The van der Waals surface area contributed by atoms with E-state index < -0.39 is 0 Å². The second-order valence-electron chi connectivity index (χ2n) is 6.34. The Morgan fingerprint density at radius 3 is 2.69 bits per heavy atom. The molecule has 146 valence electrons. The summed E-state index contributed by atoms with van der Waals surface area (Å²) in [6, 6.07) is 16.9. The van der Waals surface area contributed by atoms with Gasteiger partial charge in [0, 0.05) is 17.4 Å². The SMILES string of the molecule is COc1ccc(CC(=O)Nc2cccc(-c3nc4cccnc4s3)c2)cc1OC. The first kappa shape index (κ1) is 18.9. The van der Waals surface area contributed by atoms with Crippen molar-refractivity contribution < 1.29 is 14.3 Å². The second-order valence-corrected chi connectivity index (χ2v) is 7.32. The molecule has 0 saturated carbocycles. The molecule has 0 spiro atoms. The summed E-state index contributed by atoms with van der Waals surface area (Å²) in [6.07, 6.45) is 1.99. The van der Waals surface area contributed by atoms with Crippen LogP contribution in [0.4, 0.5) is 5.69 Å². The summed E-state index contributed by atoms with van der Waals surface area (Å²) in [5.74, 6) is 1.12. The van der Waals surface area contributed by atoms with Gasteiger partial charge in [0.2, 0.25) is 5.91 Å². The van der Waals surface area contributed by atoms with E-state index in [4.69, 9.17) is 9.47 Å². The van der Waals surface area contributed by atoms with E-state index in [9.17, 15) is 4.79 Å². The number of hydrogen-bond acceptors (Lipinski definition) is 6. The first-order chi connectivity index (χ1) is 14.2. The molecule has 0 aliphatic rings. The number of thiazole rings is 1. The fourth-order valence-corrected chi connectivity index (χ4v) is 3.91. The molecular formula is C22H19N3O3S. The molecule has 2 aromatic heterocycles. The van der Waals surface area contributed by atoms with Crippen molar-refractivity contribution >= 4 is 33.3 Å². The van der Waals surface area contributed by atoms with Gasteiger partial charge in [-0.3, -0.25) is 4.79 Å². The molecule has 0 saturated heterocycles. The quantitative estimate of drug-likeness (QED) is 0.509. The molecule has 0 fully saturated rings. The molecule has 29 heavy (non-hydrogen) atoms. The van der Waals surface area contributed by atoms with E-state index in [1.54, 1.807) is 26.5 Å². The molecule has 1 N–H and O–H groups in total. The zero-order chi connectivity index (χ0) is 20.2. The third-order valence-corrected chi connectivity index (χ3v) is 5.40. The zero-order valence-electron chi connectivity index (χ0n) is 16.0. The van der Waals surface area contributed by atoms with Gasteiger partial charge >= 0.3 is 0 Å². The molecule has 6 nitrogen and oxygen atoms in total. The molecule has 7 heteroatoms. The smallest absolute Gasteiger partial charge is 0.228 e. The molecule has 0 aliphatic heterocycles. The summed E-state index contributed by atoms with van der Waals surface area (Å²) >= 11 is 1.53. The van der Waals surface area contributed by atoms with E-state index in [1.807, 2.05) is 48.5 Å². The average Bonchev–Trinajstić information content (AvgIpc) is 3.18. The van der Waals surface area contributed by atoms with Gasteiger partial charge in [-0.05, 0) is 42.0 Å². The molecular weight excluding hydrogens is 386 g/mol. The Balaban J connectivity index is 1.49. The maximum atomic E-state index is 12.5. The van der Waals surface area contributed by atoms with E-state index in [1.165, 1.54) is 11.3 Å². The molecule has 0 bridgehead atoms. The van der Waals surface area contributed by atoms with Crippen molar-refractivity contribution in [1.29, 1.82) is 0 Å². The maximum Gasteiger partial charge on any atom is 0.228 e. The fourth-order valence-electron chi connectivity index (χ4n) is 3.00. The number of carbonyl (C=O) groups excluding carboxylic acids is 1. The van der Waals surface area contributed by atoms with Gasteiger partial charge in [-0.1, -0.05) is 29.5 Å². The number of ether oxygens (including phenoxy) is 2. The lowest BCUT2D eigenvalue weighted by Gasteiger charge is -2.10. The van der Waals surface area contributed by atoms with E-state index >= 15 is 0 Å². The van der Waals surface area contributed by atoms with Crippen LogP contribution < -0.4 is 14.8 Å². The number of benzene rings is 2. The van der Waals surface area contributed by atoms with Gasteiger partial charge in [-0.2, -0.15) is 0 Å². The van der Waals surface area contributed by atoms with Crippen LogP contribution in [0.5, 0.6) is 11.5 Å². The highest BCUT2D eigenvalue weighted by Crippen LogP contribution is 2.30. The number of rotatable bonds is 6. The molecule has 0 atom stereocenters. The fraction of sp³-hybridized carbons (Fsp3) is 0.136. The van der Waals surface area contributed by atoms with Crippen LogP contribution in [0.3, 0.4) is 0 Å². The number of nitrogens with one attached hydrogen (secondary N) is 1. The number of methoxy groups -OCH3 is 2.